The van der Waals surface area contributed by atoms with Crippen LogP contribution in [0.15, 0.2) is 18.2 Å². The number of morpholine rings is 1. The zero-order chi connectivity index (χ0) is 14.0. The number of hydrogen-bond acceptors (Lipinski definition) is 4. The normalized spacial score (nSPS) is 23.2. The topological polar surface area (TPSA) is 82.0 Å². The molecule has 1 aromatic rings. The Kier molecular flexibility index (Phi) is 3.80. The molecule has 1 aromatic carbocycles. The molecule has 0 radical (unpaired) electrons. The van der Waals surface area contributed by atoms with Crippen LogP contribution in [0.25, 0.3) is 0 Å². The molecule has 1 fully saturated rings. The number of hydrogen-bond donors (Lipinski definition) is 3. The van der Waals surface area contributed by atoms with Crippen molar-refractivity contribution in [2.75, 3.05) is 18.4 Å². The molecule has 2 amide bonds. The number of anilines is 1. The van der Waals surface area contributed by atoms with Gasteiger partial charge < -0.3 is 25.2 Å². The number of carbonyl (C=O) groups is 1. The molecule has 0 aromatic heterocycles. The molecule has 6 nitrogen and oxygen atoms in total. The molecule has 0 aliphatic carbocycles. The second-order valence-electron chi connectivity index (χ2n) is 4.83. The number of phenolic OH excluding ortho intramolecular Hbond substituents is 2. The molecule has 3 N–H and O–H groups in total. The number of urea groups is 1. The highest BCUT2D eigenvalue weighted by Gasteiger charge is 2.25. The van der Waals surface area contributed by atoms with E-state index >= 15 is 0 Å². The average molecular weight is 266 g/mol. The summed E-state index contributed by atoms with van der Waals surface area (Å²) in [6.45, 7) is 4.86. The summed E-state index contributed by atoms with van der Waals surface area (Å²) in [5.41, 5.74) is 0.356. The highest BCUT2D eigenvalue weighted by atomic mass is 16.5. The highest BCUT2D eigenvalue weighted by Crippen LogP contribution is 2.24. The Morgan fingerprint density at radius 1 is 1.21 bits per heavy atom. The van der Waals surface area contributed by atoms with Gasteiger partial charge in [0.05, 0.1) is 12.2 Å². The second kappa shape index (κ2) is 5.36. The maximum atomic E-state index is 12.1. The van der Waals surface area contributed by atoms with Crippen molar-refractivity contribution in [1.82, 2.24) is 4.90 Å². The molecule has 19 heavy (non-hydrogen) atoms. The summed E-state index contributed by atoms with van der Waals surface area (Å²) in [5, 5.41) is 21.4. The molecular weight excluding hydrogens is 248 g/mol. The number of nitrogens with one attached hydrogen (secondary N) is 1. The van der Waals surface area contributed by atoms with Gasteiger partial charge in [-0.25, -0.2) is 4.79 Å². The Balaban J connectivity index is 2.04. The van der Waals surface area contributed by atoms with Crippen molar-refractivity contribution < 1.29 is 19.7 Å². The second-order valence-corrected chi connectivity index (χ2v) is 4.83. The van der Waals surface area contributed by atoms with Crippen LogP contribution in [-0.4, -0.2) is 46.4 Å². The standard InChI is InChI=1S/C13H18N2O4/c1-8-6-15(7-9(2)19-8)13(18)14-10-3-11(16)5-12(17)4-10/h3-5,8-9,16-17H,6-7H2,1-2H3,(H,14,18). The fourth-order valence-electron chi connectivity index (χ4n) is 2.21. The molecule has 6 heteroatoms. The van der Waals surface area contributed by atoms with Crippen molar-refractivity contribution in [2.24, 2.45) is 0 Å². The van der Waals surface area contributed by atoms with Crippen LogP contribution in [0.4, 0.5) is 10.5 Å². The van der Waals surface area contributed by atoms with Crippen molar-refractivity contribution in [2.45, 2.75) is 26.1 Å². The first-order valence-corrected chi connectivity index (χ1v) is 6.18. The van der Waals surface area contributed by atoms with E-state index in [9.17, 15) is 15.0 Å². The Hall–Kier alpha value is -1.95. The first-order chi connectivity index (χ1) is 8.94. The molecule has 2 unspecified atom stereocenters. The van der Waals surface area contributed by atoms with E-state index < -0.39 is 0 Å². The first-order valence-electron chi connectivity index (χ1n) is 6.18. The predicted molar refractivity (Wildman–Crippen MR) is 70.4 cm³/mol. The van der Waals surface area contributed by atoms with Crippen LogP contribution < -0.4 is 5.32 Å². The molecular formula is C13H18N2O4. The van der Waals surface area contributed by atoms with Crippen LogP contribution in [0.3, 0.4) is 0 Å². The summed E-state index contributed by atoms with van der Waals surface area (Å²) < 4.78 is 5.55. The van der Waals surface area contributed by atoms with E-state index in [4.69, 9.17) is 4.74 Å². The van der Waals surface area contributed by atoms with Gasteiger partial charge in [0, 0.05) is 37.0 Å². The van der Waals surface area contributed by atoms with Crippen molar-refractivity contribution in [3.05, 3.63) is 18.2 Å². The highest BCUT2D eigenvalue weighted by molar-refractivity contribution is 5.89. The van der Waals surface area contributed by atoms with Gasteiger partial charge in [-0.05, 0) is 13.8 Å². The van der Waals surface area contributed by atoms with E-state index in [1.807, 2.05) is 13.8 Å². The van der Waals surface area contributed by atoms with Gasteiger partial charge in [-0.3, -0.25) is 0 Å². The molecule has 1 aliphatic heterocycles. The molecule has 0 spiro atoms. The van der Waals surface area contributed by atoms with Gasteiger partial charge in [0.2, 0.25) is 0 Å². The smallest absolute Gasteiger partial charge is 0.322 e. The van der Waals surface area contributed by atoms with Crippen LogP contribution in [0.2, 0.25) is 0 Å². The SMILES string of the molecule is CC1CN(C(=O)Nc2cc(O)cc(O)c2)CC(C)O1. The van der Waals surface area contributed by atoms with Crippen LogP contribution in [0.5, 0.6) is 11.5 Å². The van der Waals surface area contributed by atoms with Crippen LogP contribution >= 0.6 is 0 Å². The Morgan fingerprint density at radius 2 is 1.74 bits per heavy atom. The van der Waals surface area contributed by atoms with E-state index in [0.29, 0.717) is 18.8 Å². The fourth-order valence-corrected chi connectivity index (χ4v) is 2.21. The lowest BCUT2D eigenvalue weighted by Crippen LogP contribution is -2.49. The molecule has 0 saturated carbocycles. The largest absolute Gasteiger partial charge is 0.508 e. The van der Waals surface area contributed by atoms with Crippen LogP contribution in [0, 0.1) is 0 Å². The van der Waals surface area contributed by atoms with E-state index in [2.05, 4.69) is 5.32 Å². The summed E-state index contributed by atoms with van der Waals surface area (Å²) in [7, 11) is 0. The summed E-state index contributed by atoms with van der Waals surface area (Å²) in [4.78, 5) is 13.7. The van der Waals surface area contributed by atoms with Crippen molar-refractivity contribution >= 4 is 11.7 Å². The molecule has 2 rings (SSSR count). The van der Waals surface area contributed by atoms with Gasteiger partial charge >= 0.3 is 6.03 Å². The van der Waals surface area contributed by atoms with E-state index in [1.165, 1.54) is 18.2 Å². The number of amides is 2. The number of benzene rings is 1. The third-order valence-electron chi connectivity index (χ3n) is 2.86. The zero-order valence-electron chi connectivity index (χ0n) is 11.0. The van der Waals surface area contributed by atoms with Crippen molar-refractivity contribution in [3.8, 4) is 11.5 Å². The van der Waals surface area contributed by atoms with Crippen molar-refractivity contribution in [3.63, 3.8) is 0 Å². The fraction of sp³-hybridized carbons (Fsp3) is 0.462. The number of ether oxygens (including phenoxy) is 1. The van der Waals surface area contributed by atoms with Gasteiger partial charge in [-0.1, -0.05) is 0 Å². The molecule has 1 saturated heterocycles. The Labute approximate surface area is 111 Å². The Bertz CT molecular complexity index is 447. The van der Waals surface area contributed by atoms with Gasteiger partial charge in [0.1, 0.15) is 11.5 Å². The number of phenols is 2. The summed E-state index contributed by atoms with van der Waals surface area (Å²) in [5.74, 6) is -0.196. The van der Waals surface area contributed by atoms with Gasteiger partial charge in [-0.15, -0.1) is 0 Å². The quantitative estimate of drug-likeness (QED) is 0.723. The van der Waals surface area contributed by atoms with Crippen LogP contribution in [0.1, 0.15) is 13.8 Å². The number of nitrogens with zero attached hydrogens (tertiary/aromatic N) is 1. The first kappa shape index (κ1) is 13.5. The lowest BCUT2D eigenvalue weighted by Gasteiger charge is -2.35. The van der Waals surface area contributed by atoms with Gasteiger partial charge in [0.25, 0.3) is 0 Å². The molecule has 1 heterocycles. The molecule has 104 valence electrons. The van der Waals surface area contributed by atoms with E-state index in [0.717, 1.165) is 0 Å². The minimum absolute atomic E-state index is 0.00733. The number of carbonyl (C=O) groups excluding carboxylic acids is 1. The minimum Gasteiger partial charge on any atom is -0.508 e. The Morgan fingerprint density at radius 3 is 2.26 bits per heavy atom. The predicted octanol–water partition coefficient (Wildman–Crippen LogP) is 1.74. The van der Waals surface area contributed by atoms with E-state index in [-0.39, 0.29) is 29.7 Å². The monoisotopic (exact) mass is 266 g/mol. The van der Waals surface area contributed by atoms with Gasteiger partial charge in [0.15, 0.2) is 0 Å². The lowest BCUT2D eigenvalue weighted by atomic mass is 10.2. The molecule has 2 atom stereocenters. The van der Waals surface area contributed by atoms with E-state index in [1.54, 1.807) is 4.90 Å². The summed E-state index contributed by atoms with van der Waals surface area (Å²) in [6.07, 6.45) is -0.0147. The molecule has 0 bridgehead atoms. The average Bonchev–Trinajstić information content (AvgIpc) is 2.25. The van der Waals surface area contributed by atoms with Crippen LogP contribution in [-0.2, 0) is 4.74 Å². The zero-order valence-corrected chi connectivity index (χ0v) is 11.0. The number of aromatic hydroxyl groups is 2. The third kappa shape index (κ3) is 3.51. The minimum atomic E-state index is -0.271. The molecule has 1 aliphatic rings. The number of rotatable bonds is 1. The van der Waals surface area contributed by atoms with Gasteiger partial charge in [-0.2, -0.15) is 0 Å². The summed E-state index contributed by atoms with van der Waals surface area (Å²) in [6, 6.07) is 3.69. The lowest BCUT2D eigenvalue weighted by molar-refractivity contribution is -0.0530. The third-order valence-corrected chi connectivity index (χ3v) is 2.86. The maximum Gasteiger partial charge on any atom is 0.322 e. The summed E-state index contributed by atoms with van der Waals surface area (Å²) >= 11 is 0. The maximum absolute atomic E-state index is 12.1. The van der Waals surface area contributed by atoms with Crippen molar-refractivity contribution in [1.29, 1.82) is 0 Å².